The number of carbonyl (C=O) groups is 1. The van der Waals surface area contributed by atoms with Crippen LogP contribution in [0.3, 0.4) is 0 Å². The fourth-order valence-electron chi connectivity index (χ4n) is 4.32. The smallest absolute Gasteiger partial charge is 0.332 e. The summed E-state index contributed by atoms with van der Waals surface area (Å²) in [5.41, 5.74) is 6.53. The van der Waals surface area contributed by atoms with Crippen LogP contribution in [0.5, 0.6) is 5.88 Å². The van der Waals surface area contributed by atoms with E-state index in [1.807, 2.05) is 57.6 Å². The Morgan fingerprint density at radius 2 is 1.31 bits per heavy atom. The van der Waals surface area contributed by atoms with E-state index in [-0.39, 0.29) is 12.6 Å². The van der Waals surface area contributed by atoms with E-state index in [4.69, 9.17) is 33.2 Å². The van der Waals surface area contributed by atoms with Crippen molar-refractivity contribution in [3.8, 4) is 28.1 Å². The van der Waals surface area contributed by atoms with Crippen molar-refractivity contribution in [1.29, 1.82) is 0 Å². The summed E-state index contributed by atoms with van der Waals surface area (Å²) >= 11 is 0. The monoisotopic (exact) mass is 624 g/mol. The minimum absolute atomic E-state index is 0.0826. The van der Waals surface area contributed by atoms with Gasteiger partial charge in [-0.05, 0) is 68.5 Å². The van der Waals surface area contributed by atoms with Crippen LogP contribution < -0.4 is 4.74 Å². The van der Waals surface area contributed by atoms with E-state index in [1.165, 1.54) is 22.3 Å². The quantitative estimate of drug-likeness (QED) is 0.112. The highest BCUT2D eigenvalue weighted by Gasteiger charge is 2.16. The Morgan fingerprint density at radius 3 is 1.87 bits per heavy atom. The van der Waals surface area contributed by atoms with Crippen molar-refractivity contribution < 1.29 is 38.0 Å². The summed E-state index contributed by atoms with van der Waals surface area (Å²) in [6.07, 6.45) is 6.53. The second kappa shape index (κ2) is 19.9. The van der Waals surface area contributed by atoms with Crippen LogP contribution in [0.1, 0.15) is 38.8 Å². The average molecular weight is 625 g/mol. The van der Waals surface area contributed by atoms with Crippen LogP contribution in [0, 0.1) is 6.92 Å². The molecule has 0 fully saturated rings. The number of benzene rings is 1. The van der Waals surface area contributed by atoms with Crippen molar-refractivity contribution in [3.63, 3.8) is 0 Å². The van der Waals surface area contributed by atoms with Gasteiger partial charge in [-0.1, -0.05) is 25.1 Å². The Labute approximate surface area is 267 Å². The molecule has 0 N–H and O–H groups in total. The van der Waals surface area contributed by atoms with Crippen LogP contribution in [0.25, 0.3) is 22.3 Å². The van der Waals surface area contributed by atoms with Gasteiger partial charge in [-0.2, -0.15) is 0 Å². The van der Waals surface area contributed by atoms with Crippen molar-refractivity contribution >= 4 is 5.97 Å². The number of carbonyl (C=O) groups excluding carboxylic acids is 1. The first-order valence-corrected chi connectivity index (χ1v) is 15.5. The van der Waals surface area contributed by atoms with Gasteiger partial charge in [0.15, 0.2) is 0 Å². The van der Waals surface area contributed by atoms with E-state index in [0.717, 1.165) is 17.5 Å². The average Bonchev–Trinajstić information content (AvgIpc) is 3.02. The number of aromatic nitrogens is 2. The molecule has 0 radical (unpaired) electrons. The molecule has 0 amide bonds. The molecule has 0 bridgehead atoms. The molecule has 3 rings (SSSR count). The van der Waals surface area contributed by atoms with Crippen LogP contribution in [0.15, 0.2) is 55.0 Å². The zero-order valence-corrected chi connectivity index (χ0v) is 27.3. The second-order valence-corrected chi connectivity index (χ2v) is 11.2. The summed E-state index contributed by atoms with van der Waals surface area (Å²) in [5, 5.41) is 0. The van der Waals surface area contributed by atoms with Gasteiger partial charge in [-0.25, -0.2) is 9.78 Å². The van der Waals surface area contributed by atoms with E-state index in [9.17, 15) is 4.79 Å². The maximum absolute atomic E-state index is 11.5. The molecule has 0 aliphatic heterocycles. The Morgan fingerprint density at radius 1 is 0.711 bits per heavy atom. The van der Waals surface area contributed by atoms with Crippen molar-refractivity contribution in [2.75, 3.05) is 72.7 Å². The van der Waals surface area contributed by atoms with Gasteiger partial charge < -0.3 is 33.2 Å². The largest absolute Gasteiger partial charge is 0.475 e. The van der Waals surface area contributed by atoms with Gasteiger partial charge in [0, 0.05) is 35.8 Å². The van der Waals surface area contributed by atoms with E-state index in [1.54, 1.807) is 0 Å². The second-order valence-electron chi connectivity index (χ2n) is 11.2. The third kappa shape index (κ3) is 14.1. The fraction of sp³-hybridized carbons (Fsp3) is 0.514. The molecular formula is C35H48N2O8. The number of hydrogen-bond acceptors (Lipinski definition) is 10. The number of aryl methyl sites for hydroxylation is 2. The van der Waals surface area contributed by atoms with Crippen LogP contribution in [0.4, 0.5) is 0 Å². The molecule has 10 heteroatoms. The first-order chi connectivity index (χ1) is 21.8. The summed E-state index contributed by atoms with van der Waals surface area (Å²) in [5.74, 6) is 0.177. The molecule has 1 aromatic carbocycles. The molecule has 0 spiro atoms. The molecule has 0 aliphatic rings. The molecule has 10 nitrogen and oxygen atoms in total. The summed E-state index contributed by atoms with van der Waals surface area (Å²) in [6.45, 7) is 14.0. The molecule has 0 atom stereocenters. The number of esters is 1. The van der Waals surface area contributed by atoms with E-state index in [0.29, 0.717) is 71.9 Å². The minimum Gasteiger partial charge on any atom is -0.475 e. The van der Waals surface area contributed by atoms with Gasteiger partial charge >= 0.3 is 5.97 Å². The SMILES string of the molecule is CCc1cc(-c2ccc(OCCOCCOCCOCCOCCOCC(=O)OC(C)(C)C)nc2)ccc1-c1cnccc1C. The van der Waals surface area contributed by atoms with Gasteiger partial charge in [0.2, 0.25) is 5.88 Å². The molecule has 0 unspecified atom stereocenters. The van der Waals surface area contributed by atoms with Gasteiger partial charge in [0.1, 0.15) is 18.8 Å². The number of nitrogens with zero attached hydrogens (tertiary/aromatic N) is 2. The summed E-state index contributed by atoms with van der Waals surface area (Å²) in [4.78, 5) is 20.3. The predicted molar refractivity (Wildman–Crippen MR) is 172 cm³/mol. The fourth-order valence-corrected chi connectivity index (χ4v) is 4.32. The first kappa shape index (κ1) is 36.1. The zero-order chi connectivity index (χ0) is 32.3. The van der Waals surface area contributed by atoms with Crippen LogP contribution in [-0.2, 0) is 39.6 Å². The number of hydrogen-bond donors (Lipinski definition) is 0. The Balaban J connectivity index is 1.18. The lowest BCUT2D eigenvalue weighted by atomic mass is 9.93. The van der Waals surface area contributed by atoms with Gasteiger partial charge in [0.25, 0.3) is 0 Å². The topological polar surface area (TPSA) is 107 Å². The van der Waals surface area contributed by atoms with Crippen LogP contribution in [-0.4, -0.2) is 94.2 Å². The maximum Gasteiger partial charge on any atom is 0.332 e. The lowest BCUT2D eigenvalue weighted by Gasteiger charge is -2.19. The molecular weight excluding hydrogens is 576 g/mol. The third-order valence-electron chi connectivity index (χ3n) is 6.49. The Kier molecular flexibility index (Phi) is 15.9. The lowest BCUT2D eigenvalue weighted by molar-refractivity contribution is -0.160. The zero-order valence-electron chi connectivity index (χ0n) is 27.3. The molecule has 2 heterocycles. The van der Waals surface area contributed by atoms with Gasteiger partial charge in [-0.3, -0.25) is 4.98 Å². The molecule has 246 valence electrons. The van der Waals surface area contributed by atoms with Crippen LogP contribution >= 0.6 is 0 Å². The predicted octanol–water partition coefficient (Wildman–Crippen LogP) is 5.48. The molecule has 0 aliphatic carbocycles. The normalized spacial score (nSPS) is 11.5. The maximum atomic E-state index is 11.5. The molecule has 3 aromatic rings. The van der Waals surface area contributed by atoms with Crippen LogP contribution in [0.2, 0.25) is 0 Å². The molecule has 2 aromatic heterocycles. The molecule has 0 saturated carbocycles. The van der Waals surface area contributed by atoms with Crippen molar-refractivity contribution in [2.24, 2.45) is 0 Å². The highest BCUT2D eigenvalue weighted by Crippen LogP contribution is 2.31. The van der Waals surface area contributed by atoms with Crippen molar-refractivity contribution in [1.82, 2.24) is 9.97 Å². The van der Waals surface area contributed by atoms with E-state index >= 15 is 0 Å². The van der Waals surface area contributed by atoms with Crippen molar-refractivity contribution in [2.45, 2.75) is 46.6 Å². The first-order valence-electron chi connectivity index (χ1n) is 15.5. The summed E-state index contributed by atoms with van der Waals surface area (Å²) in [6, 6.07) is 12.5. The Hall–Kier alpha value is -3.41. The Bertz CT molecular complexity index is 1280. The number of rotatable bonds is 21. The lowest BCUT2D eigenvalue weighted by Crippen LogP contribution is -2.27. The third-order valence-corrected chi connectivity index (χ3v) is 6.49. The standard InChI is InChI=1S/C35H48N2O8/c1-6-28-23-29(7-9-31(28)32-25-36-12-11-27(32)2)30-8-10-33(37-24-30)44-22-21-42-18-17-40-14-13-39-15-16-41-19-20-43-26-34(38)45-35(3,4)5/h7-12,23-25H,6,13-22,26H2,1-5H3. The van der Waals surface area contributed by atoms with Gasteiger partial charge in [-0.15, -0.1) is 0 Å². The number of ether oxygens (including phenoxy) is 7. The van der Waals surface area contributed by atoms with Crippen molar-refractivity contribution in [3.05, 3.63) is 66.1 Å². The highest BCUT2D eigenvalue weighted by atomic mass is 16.6. The highest BCUT2D eigenvalue weighted by molar-refractivity contribution is 5.75. The van der Waals surface area contributed by atoms with E-state index < -0.39 is 5.60 Å². The number of pyridine rings is 2. The summed E-state index contributed by atoms with van der Waals surface area (Å²) in [7, 11) is 0. The molecule has 0 saturated heterocycles. The van der Waals surface area contributed by atoms with Gasteiger partial charge in [0.05, 0.1) is 59.5 Å². The molecule has 45 heavy (non-hydrogen) atoms. The van der Waals surface area contributed by atoms with E-state index in [2.05, 4.69) is 42.0 Å². The summed E-state index contributed by atoms with van der Waals surface area (Å²) < 4.78 is 38.1. The minimum atomic E-state index is -0.511.